The lowest BCUT2D eigenvalue weighted by Crippen LogP contribution is -2.15. The molecule has 0 saturated carbocycles. The molecule has 0 spiro atoms. The topological polar surface area (TPSA) is 51.2 Å². The number of nitrogens with zero attached hydrogens (tertiary/aromatic N) is 1. The van der Waals surface area contributed by atoms with Gasteiger partial charge in [0.2, 0.25) is 5.91 Å². The number of hydrogen-bond donors (Lipinski definition) is 1. The molecule has 1 amide bonds. The first-order valence-electron chi connectivity index (χ1n) is 9.90. The summed E-state index contributed by atoms with van der Waals surface area (Å²) in [6.45, 7) is 2.34. The van der Waals surface area contributed by atoms with E-state index in [1.54, 1.807) is 23.5 Å². The van der Waals surface area contributed by atoms with E-state index in [4.69, 9.17) is 21.3 Å². The Morgan fingerprint density at radius 1 is 0.968 bits per heavy atom. The average molecular weight is 449 g/mol. The molecule has 0 saturated heterocycles. The Kier molecular flexibility index (Phi) is 6.65. The maximum atomic E-state index is 12.2. The molecule has 0 aliphatic heterocycles. The van der Waals surface area contributed by atoms with E-state index in [-0.39, 0.29) is 18.9 Å². The Balaban J connectivity index is 1.36. The first-order chi connectivity index (χ1) is 15.1. The normalized spacial score (nSPS) is 10.6. The number of nitrogens with one attached hydrogen (secondary N) is 1. The highest BCUT2D eigenvalue weighted by Gasteiger charge is 2.12. The van der Waals surface area contributed by atoms with Gasteiger partial charge in [0.15, 0.2) is 0 Å². The van der Waals surface area contributed by atoms with Crippen molar-refractivity contribution in [2.75, 3.05) is 11.9 Å². The van der Waals surface area contributed by atoms with Crippen molar-refractivity contribution < 1.29 is 9.53 Å². The van der Waals surface area contributed by atoms with Gasteiger partial charge in [-0.2, -0.15) is 0 Å². The Morgan fingerprint density at radius 3 is 2.42 bits per heavy atom. The third-order valence-corrected chi connectivity index (χ3v) is 6.01. The lowest BCUT2D eigenvalue weighted by molar-refractivity contribution is -0.116. The molecular formula is C25H21ClN2O2S. The van der Waals surface area contributed by atoms with Gasteiger partial charge in [0.1, 0.15) is 10.8 Å². The molecule has 0 bridgehead atoms. The summed E-state index contributed by atoms with van der Waals surface area (Å²) in [6, 6.07) is 25.1. The third-order valence-electron chi connectivity index (χ3n) is 4.68. The molecule has 156 valence electrons. The van der Waals surface area contributed by atoms with E-state index >= 15 is 0 Å². The van der Waals surface area contributed by atoms with E-state index in [1.165, 1.54) is 0 Å². The van der Waals surface area contributed by atoms with Gasteiger partial charge in [0.25, 0.3) is 0 Å². The maximum absolute atomic E-state index is 12.2. The van der Waals surface area contributed by atoms with Crippen LogP contribution in [0.3, 0.4) is 0 Å². The Morgan fingerprint density at radius 2 is 1.68 bits per heavy atom. The number of thiazole rings is 1. The number of para-hydroxylation sites is 1. The van der Waals surface area contributed by atoms with Crippen LogP contribution < -0.4 is 10.1 Å². The smallest absolute Gasteiger partial charge is 0.227 e. The summed E-state index contributed by atoms with van der Waals surface area (Å²) >= 11 is 7.73. The quantitative estimate of drug-likeness (QED) is 0.336. The summed E-state index contributed by atoms with van der Waals surface area (Å²) in [6.07, 6.45) is 0.235. The minimum Gasteiger partial charge on any atom is -0.491 e. The Labute approximate surface area is 190 Å². The molecule has 3 aromatic carbocycles. The number of carbonyl (C=O) groups is 1. The van der Waals surface area contributed by atoms with Crippen LogP contribution in [0.5, 0.6) is 5.75 Å². The molecular weight excluding hydrogens is 428 g/mol. The zero-order chi connectivity index (χ0) is 21.6. The number of anilines is 1. The molecule has 6 heteroatoms. The standard InChI is InChI=1S/C25H21ClN2O2S/c1-17-24(28-25(31-17)19-7-3-2-4-8-19)18-11-13-20(14-12-18)27-23(29)15-16-30-22-10-6-5-9-21(22)26/h2-14H,15-16H2,1H3,(H,27,29). The van der Waals surface area contributed by atoms with Gasteiger partial charge in [0.05, 0.1) is 23.7 Å². The molecule has 1 N–H and O–H groups in total. The van der Waals surface area contributed by atoms with Crippen molar-refractivity contribution in [2.45, 2.75) is 13.3 Å². The number of halogens is 1. The van der Waals surface area contributed by atoms with Crippen molar-refractivity contribution in [3.63, 3.8) is 0 Å². The highest BCUT2D eigenvalue weighted by atomic mass is 35.5. The summed E-state index contributed by atoms with van der Waals surface area (Å²) in [5, 5.41) is 4.43. The molecule has 31 heavy (non-hydrogen) atoms. The van der Waals surface area contributed by atoms with Crippen molar-refractivity contribution in [3.05, 3.63) is 88.8 Å². The minimum absolute atomic E-state index is 0.115. The zero-order valence-electron chi connectivity index (χ0n) is 17.0. The number of ether oxygens (including phenoxy) is 1. The second-order valence-electron chi connectivity index (χ2n) is 6.94. The van der Waals surface area contributed by atoms with Gasteiger partial charge in [-0.05, 0) is 31.2 Å². The number of aryl methyl sites for hydroxylation is 1. The van der Waals surface area contributed by atoms with Crippen LogP contribution in [-0.4, -0.2) is 17.5 Å². The van der Waals surface area contributed by atoms with Crippen LogP contribution in [0.25, 0.3) is 21.8 Å². The fraction of sp³-hybridized carbons (Fsp3) is 0.120. The van der Waals surface area contributed by atoms with Gasteiger partial charge >= 0.3 is 0 Å². The molecule has 0 atom stereocenters. The van der Waals surface area contributed by atoms with E-state index in [0.717, 1.165) is 32.4 Å². The second kappa shape index (κ2) is 9.77. The predicted molar refractivity (Wildman–Crippen MR) is 128 cm³/mol. The fourth-order valence-corrected chi connectivity index (χ4v) is 4.25. The monoisotopic (exact) mass is 448 g/mol. The van der Waals surface area contributed by atoms with Gasteiger partial charge in [-0.25, -0.2) is 4.98 Å². The van der Waals surface area contributed by atoms with Gasteiger partial charge in [-0.1, -0.05) is 66.2 Å². The van der Waals surface area contributed by atoms with Crippen LogP contribution in [-0.2, 0) is 4.79 Å². The molecule has 0 unspecified atom stereocenters. The molecule has 1 aromatic heterocycles. The van der Waals surface area contributed by atoms with E-state index < -0.39 is 0 Å². The molecule has 0 radical (unpaired) electrons. The Bertz CT molecular complexity index is 1170. The van der Waals surface area contributed by atoms with Crippen LogP contribution in [0.15, 0.2) is 78.9 Å². The molecule has 1 heterocycles. The summed E-state index contributed by atoms with van der Waals surface area (Å²) in [7, 11) is 0. The fourth-order valence-electron chi connectivity index (χ4n) is 3.12. The average Bonchev–Trinajstić information content (AvgIpc) is 3.18. The zero-order valence-corrected chi connectivity index (χ0v) is 18.5. The van der Waals surface area contributed by atoms with Crippen molar-refractivity contribution in [2.24, 2.45) is 0 Å². The molecule has 4 rings (SSSR count). The van der Waals surface area contributed by atoms with Crippen LogP contribution >= 0.6 is 22.9 Å². The second-order valence-corrected chi connectivity index (χ2v) is 8.55. The maximum Gasteiger partial charge on any atom is 0.227 e. The molecule has 0 fully saturated rings. The van der Waals surface area contributed by atoms with Crippen LogP contribution in [0.2, 0.25) is 5.02 Å². The Hall–Kier alpha value is -3.15. The highest BCUT2D eigenvalue weighted by Crippen LogP contribution is 2.33. The first-order valence-corrected chi connectivity index (χ1v) is 11.1. The molecule has 4 nitrogen and oxygen atoms in total. The van der Waals surface area contributed by atoms with E-state index in [1.807, 2.05) is 54.6 Å². The number of carbonyl (C=O) groups excluding carboxylic acids is 1. The molecule has 0 aliphatic rings. The van der Waals surface area contributed by atoms with Gasteiger partial charge < -0.3 is 10.1 Å². The predicted octanol–water partition coefficient (Wildman–Crippen LogP) is 6.85. The number of aromatic nitrogens is 1. The summed E-state index contributed by atoms with van der Waals surface area (Å²) in [5.74, 6) is 0.464. The van der Waals surface area contributed by atoms with Gasteiger partial charge in [-0.15, -0.1) is 11.3 Å². The summed E-state index contributed by atoms with van der Waals surface area (Å²) in [4.78, 5) is 18.2. The number of hydrogen-bond acceptors (Lipinski definition) is 4. The van der Waals surface area contributed by atoms with Crippen LogP contribution in [0, 0.1) is 6.92 Å². The van der Waals surface area contributed by atoms with Gasteiger partial charge in [-0.3, -0.25) is 4.79 Å². The largest absolute Gasteiger partial charge is 0.491 e. The van der Waals surface area contributed by atoms with E-state index in [9.17, 15) is 4.79 Å². The van der Waals surface area contributed by atoms with Crippen molar-refractivity contribution >= 4 is 34.5 Å². The summed E-state index contributed by atoms with van der Waals surface area (Å²) in [5.41, 5.74) is 3.85. The summed E-state index contributed by atoms with van der Waals surface area (Å²) < 4.78 is 5.57. The van der Waals surface area contributed by atoms with Crippen LogP contribution in [0.4, 0.5) is 5.69 Å². The SMILES string of the molecule is Cc1sc(-c2ccccc2)nc1-c1ccc(NC(=O)CCOc2ccccc2Cl)cc1. The van der Waals surface area contributed by atoms with Crippen molar-refractivity contribution in [1.29, 1.82) is 0 Å². The van der Waals surface area contributed by atoms with Crippen molar-refractivity contribution in [3.8, 4) is 27.6 Å². The minimum atomic E-state index is -0.115. The van der Waals surface area contributed by atoms with Crippen LogP contribution in [0.1, 0.15) is 11.3 Å². The number of amides is 1. The number of benzene rings is 3. The first kappa shape index (κ1) is 21.1. The number of rotatable bonds is 7. The lowest BCUT2D eigenvalue weighted by Gasteiger charge is -2.09. The lowest BCUT2D eigenvalue weighted by atomic mass is 10.1. The molecule has 0 aliphatic carbocycles. The highest BCUT2D eigenvalue weighted by molar-refractivity contribution is 7.15. The molecule has 4 aromatic rings. The van der Waals surface area contributed by atoms with E-state index in [2.05, 4.69) is 24.4 Å². The van der Waals surface area contributed by atoms with E-state index in [0.29, 0.717) is 10.8 Å². The van der Waals surface area contributed by atoms with Gasteiger partial charge in [0, 0.05) is 21.7 Å². The third kappa shape index (κ3) is 5.32. The van der Waals surface area contributed by atoms with Crippen molar-refractivity contribution in [1.82, 2.24) is 4.98 Å².